The Morgan fingerprint density at radius 3 is 2.47 bits per heavy atom. The number of anilines is 2. The number of hydrogen-bond donors (Lipinski definition) is 2. The minimum absolute atomic E-state index is 0.0279. The number of rotatable bonds is 8. The van der Waals surface area contributed by atoms with Crippen molar-refractivity contribution in [3.05, 3.63) is 58.1 Å². The van der Waals surface area contributed by atoms with E-state index in [-0.39, 0.29) is 29.7 Å². The van der Waals surface area contributed by atoms with Crippen LogP contribution in [0.15, 0.2) is 42.5 Å². The molecule has 3 amide bonds. The molecule has 3 rings (SSSR count). The molecule has 0 aromatic heterocycles. The first kappa shape index (κ1) is 24.5. The number of ether oxygens (including phenoxy) is 1. The molecular weight excluding hydrogens is 442 g/mol. The molecule has 0 bridgehead atoms. The molecule has 1 heterocycles. The van der Waals surface area contributed by atoms with Crippen molar-refractivity contribution in [2.45, 2.75) is 13.8 Å². The van der Waals surface area contributed by atoms with Crippen LogP contribution in [-0.2, 0) is 9.59 Å². The number of likely N-dealkylation sites (N-methyl/N-ethyl adjacent to an activating group) is 1. The van der Waals surface area contributed by atoms with Crippen molar-refractivity contribution >= 4 is 34.8 Å². The van der Waals surface area contributed by atoms with Gasteiger partial charge in [-0.25, -0.2) is 0 Å². The van der Waals surface area contributed by atoms with Gasteiger partial charge >= 0.3 is 0 Å². The summed E-state index contributed by atoms with van der Waals surface area (Å²) in [4.78, 5) is 50.6. The predicted octanol–water partition coefficient (Wildman–Crippen LogP) is 2.03. The zero-order chi connectivity index (χ0) is 24.7. The van der Waals surface area contributed by atoms with Crippen molar-refractivity contribution in [1.29, 1.82) is 0 Å². The van der Waals surface area contributed by atoms with Crippen LogP contribution in [0.5, 0.6) is 5.75 Å². The molecule has 1 aliphatic rings. The summed E-state index contributed by atoms with van der Waals surface area (Å²) < 4.78 is 5.42. The molecule has 11 heteroatoms. The van der Waals surface area contributed by atoms with Gasteiger partial charge in [-0.1, -0.05) is 6.07 Å². The molecule has 0 saturated carbocycles. The van der Waals surface area contributed by atoms with E-state index in [2.05, 4.69) is 10.6 Å². The van der Waals surface area contributed by atoms with E-state index < -0.39 is 10.8 Å². The number of nitro groups is 1. The molecule has 11 nitrogen and oxygen atoms in total. The highest BCUT2D eigenvalue weighted by Crippen LogP contribution is 2.30. The van der Waals surface area contributed by atoms with E-state index in [9.17, 15) is 24.5 Å². The molecular formula is C23H27N5O6. The number of carbonyl (C=O) groups excluding carboxylic acids is 3. The average Bonchev–Trinajstić information content (AvgIpc) is 2.83. The van der Waals surface area contributed by atoms with Crippen LogP contribution in [0, 0.1) is 10.1 Å². The van der Waals surface area contributed by atoms with E-state index in [1.807, 2.05) is 4.90 Å². The molecule has 0 atom stereocenters. The number of amides is 3. The zero-order valence-corrected chi connectivity index (χ0v) is 19.1. The fourth-order valence-electron chi connectivity index (χ4n) is 3.60. The SMILES string of the molecule is CCNC(=O)COc1cccc(NC(=O)c2ccc(N3CCN(C(C)=O)CC3)c([N+](=O)[O-])c2)c1. The van der Waals surface area contributed by atoms with E-state index in [1.165, 1.54) is 19.1 Å². The van der Waals surface area contributed by atoms with Crippen molar-refractivity contribution in [3.63, 3.8) is 0 Å². The number of nitro benzene ring substituents is 1. The van der Waals surface area contributed by atoms with Crippen LogP contribution in [0.1, 0.15) is 24.2 Å². The number of nitrogens with one attached hydrogen (secondary N) is 2. The maximum absolute atomic E-state index is 12.8. The van der Waals surface area contributed by atoms with Crippen LogP contribution in [-0.4, -0.2) is 66.9 Å². The summed E-state index contributed by atoms with van der Waals surface area (Å²) in [6.07, 6.45) is 0. The standard InChI is InChI=1S/C23H27N5O6/c1-3-24-22(30)15-34-19-6-4-5-18(14-19)25-23(31)17-7-8-20(21(13-17)28(32)33)27-11-9-26(10-12-27)16(2)29/h4-8,13-14H,3,9-12,15H2,1-2H3,(H,24,30)(H,25,31). The van der Waals surface area contributed by atoms with Gasteiger partial charge in [0.1, 0.15) is 11.4 Å². The summed E-state index contributed by atoms with van der Waals surface area (Å²) in [6, 6.07) is 10.9. The lowest BCUT2D eigenvalue weighted by molar-refractivity contribution is -0.384. The van der Waals surface area contributed by atoms with E-state index >= 15 is 0 Å². The molecule has 1 fully saturated rings. The molecule has 1 aliphatic heterocycles. The Hall–Kier alpha value is -4.15. The largest absolute Gasteiger partial charge is 0.484 e. The number of nitrogens with zero attached hydrogens (tertiary/aromatic N) is 3. The smallest absolute Gasteiger partial charge is 0.293 e. The van der Waals surface area contributed by atoms with Gasteiger partial charge in [0.25, 0.3) is 17.5 Å². The van der Waals surface area contributed by atoms with E-state index in [4.69, 9.17) is 4.74 Å². The summed E-state index contributed by atoms with van der Waals surface area (Å²) in [6.45, 7) is 5.54. The first-order valence-corrected chi connectivity index (χ1v) is 10.9. The van der Waals surface area contributed by atoms with Gasteiger partial charge in [0.15, 0.2) is 6.61 Å². The summed E-state index contributed by atoms with van der Waals surface area (Å²) in [5.41, 5.74) is 0.783. The van der Waals surface area contributed by atoms with Crippen molar-refractivity contribution in [2.75, 3.05) is 49.5 Å². The third-order valence-electron chi connectivity index (χ3n) is 5.34. The summed E-state index contributed by atoms with van der Waals surface area (Å²) >= 11 is 0. The fraction of sp³-hybridized carbons (Fsp3) is 0.348. The maximum Gasteiger partial charge on any atom is 0.293 e. The number of piperazine rings is 1. The molecule has 1 saturated heterocycles. The molecule has 34 heavy (non-hydrogen) atoms. The van der Waals surface area contributed by atoms with Crippen LogP contribution >= 0.6 is 0 Å². The Morgan fingerprint density at radius 2 is 1.82 bits per heavy atom. The number of benzene rings is 2. The van der Waals surface area contributed by atoms with Gasteiger partial charge in [-0.3, -0.25) is 24.5 Å². The predicted molar refractivity (Wildman–Crippen MR) is 126 cm³/mol. The monoisotopic (exact) mass is 469 g/mol. The van der Waals surface area contributed by atoms with Crippen molar-refractivity contribution in [2.24, 2.45) is 0 Å². The molecule has 0 unspecified atom stereocenters. The molecule has 2 aromatic carbocycles. The van der Waals surface area contributed by atoms with Gasteiger partial charge in [-0.15, -0.1) is 0 Å². The van der Waals surface area contributed by atoms with Gasteiger partial charge in [0.2, 0.25) is 5.91 Å². The van der Waals surface area contributed by atoms with E-state index in [0.717, 1.165) is 0 Å². The van der Waals surface area contributed by atoms with Crippen molar-refractivity contribution in [1.82, 2.24) is 10.2 Å². The van der Waals surface area contributed by atoms with Crippen LogP contribution in [0.25, 0.3) is 0 Å². The van der Waals surface area contributed by atoms with E-state index in [0.29, 0.717) is 49.8 Å². The second kappa shape index (κ2) is 11.1. The number of hydrogen-bond acceptors (Lipinski definition) is 7. The molecule has 0 spiro atoms. The second-order valence-electron chi connectivity index (χ2n) is 7.68. The normalized spacial score (nSPS) is 13.2. The zero-order valence-electron chi connectivity index (χ0n) is 19.1. The Balaban J connectivity index is 1.70. The maximum atomic E-state index is 12.8. The summed E-state index contributed by atoms with van der Waals surface area (Å²) in [5.74, 6) is -0.404. The lowest BCUT2D eigenvalue weighted by atomic mass is 10.1. The second-order valence-corrected chi connectivity index (χ2v) is 7.68. The molecule has 2 N–H and O–H groups in total. The molecule has 0 radical (unpaired) electrons. The van der Waals surface area contributed by atoms with Crippen molar-refractivity contribution in [3.8, 4) is 5.75 Å². The highest BCUT2D eigenvalue weighted by atomic mass is 16.6. The third kappa shape index (κ3) is 6.21. The Bertz CT molecular complexity index is 1080. The van der Waals surface area contributed by atoms with Gasteiger partial charge < -0.3 is 25.2 Å². The minimum Gasteiger partial charge on any atom is -0.484 e. The lowest BCUT2D eigenvalue weighted by Crippen LogP contribution is -2.48. The van der Waals surface area contributed by atoms with Gasteiger partial charge in [-0.2, -0.15) is 0 Å². The summed E-state index contributed by atoms with van der Waals surface area (Å²) in [5, 5.41) is 17.0. The first-order valence-electron chi connectivity index (χ1n) is 10.9. The van der Waals surface area contributed by atoms with Crippen LogP contribution in [0.2, 0.25) is 0 Å². The van der Waals surface area contributed by atoms with E-state index in [1.54, 1.807) is 42.2 Å². The van der Waals surface area contributed by atoms with Crippen LogP contribution < -0.4 is 20.3 Å². The third-order valence-corrected chi connectivity index (χ3v) is 5.34. The fourth-order valence-corrected chi connectivity index (χ4v) is 3.60. The van der Waals surface area contributed by atoms with Crippen LogP contribution in [0.3, 0.4) is 0 Å². The lowest BCUT2D eigenvalue weighted by Gasteiger charge is -2.35. The number of carbonyl (C=O) groups is 3. The van der Waals surface area contributed by atoms with Crippen molar-refractivity contribution < 1.29 is 24.0 Å². The highest BCUT2D eigenvalue weighted by molar-refractivity contribution is 6.05. The Labute approximate surface area is 196 Å². The minimum atomic E-state index is -0.517. The van der Waals surface area contributed by atoms with Gasteiger partial charge in [0.05, 0.1) is 4.92 Å². The molecule has 2 aromatic rings. The van der Waals surface area contributed by atoms with Gasteiger partial charge in [0, 0.05) is 63.0 Å². The first-order chi connectivity index (χ1) is 16.3. The molecule has 180 valence electrons. The Kier molecular flexibility index (Phi) is 8.01. The van der Waals surface area contributed by atoms with Crippen LogP contribution in [0.4, 0.5) is 17.1 Å². The topological polar surface area (TPSA) is 134 Å². The summed E-state index contributed by atoms with van der Waals surface area (Å²) in [7, 11) is 0. The highest BCUT2D eigenvalue weighted by Gasteiger charge is 2.26. The Morgan fingerprint density at radius 1 is 1.09 bits per heavy atom. The quantitative estimate of drug-likeness (QED) is 0.446. The molecule has 0 aliphatic carbocycles. The average molecular weight is 469 g/mol. The van der Waals surface area contributed by atoms with Gasteiger partial charge in [-0.05, 0) is 31.2 Å².